The van der Waals surface area contributed by atoms with E-state index in [0.717, 1.165) is 21.9 Å². The fourth-order valence-corrected chi connectivity index (χ4v) is 3.25. The van der Waals surface area contributed by atoms with E-state index in [1.54, 1.807) is 18.7 Å². The molecule has 0 spiro atoms. The van der Waals surface area contributed by atoms with Crippen molar-refractivity contribution in [2.45, 2.75) is 31.4 Å². The van der Waals surface area contributed by atoms with E-state index in [2.05, 4.69) is 36.5 Å². The molecule has 0 aromatic heterocycles. The Hall–Kier alpha value is -1.74. The van der Waals surface area contributed by atoms with Crippen LogP contribution < -0.4 is 5.32 Å². The molecule has 3 heteroatoms. The molecule has 2 rings (SSSR count). The second-order valence-electron chi connectivity index (χ2n) is 4.91. The van der Waals surface area contributed by atoms with E-state index in [1.807, 2.05) is 25.1 Å². The Bertz CT molecular complexity index is 608. The number of anilines is 1. The van der Waals surface area contributed by atoms with Gasteiger partial charge in [-0.1, -0.05) is 36.4 Å². The highest BCUT2D eigenvalue weighted by Gasteiger charge is 2.09. The Morgan fingerprint density at radius 2 is 1.85 bits per heavy atom. The van der Waals surface area contributed by atoms with Crippen molar-refractivity contribution in [3.63, 3.8) is 0 Å². The number of hydrogen-bond donors (Lipinski definition) is 1. The van der Waals surface area contributed by atoms with Crippen molar-refractivity contribution in [1.29, 1.82) is 0 Å². The number of rotatable bonds is 4. The number of hydrogen-bond acceptors (Lipinski definition) is 2. The van der Waals surface area contributed by atoms with Gasteiger partial charge in [-0.3, -0.25) is 4.79 Å². The summed E-state index contributed by atoms with van der Waals surface area (Å²) in [7, 11) is 0. The molecule has 104 valence electrons. The van der Waals surface area contributed by atoms with Crippen LogP contribution in [-0.4, -0.2) is 5.91 Å². The fraction of sp³-hybridized carbons (Fsp3) is 0.235. The lowest BCUT2D eigenvalue weighted by Gasteiger charge is -2.14. The summed E-state index contributed by atoms with van der Waals surface area (Å²) in [6, 6.07) is 14.6. The average molecular weight is 285 g/mol. The van der Waals surface area contributed by atoms with Crippen LogP contribution in [0.2, 0.25) is 0 Å². The number of aryl methyl sites for hydroxylation is 2. The van der Waals surface area contributed by atoms with E-state index < -0.39 is 0 Å². The maximum atomic E-state index is 11.4. The van der Waals surface area contributed by atoms with Crippen molar-refractivity contribution >= 4 is 23.4 Å². The molecule has 20 heavy (non-hydrogen) atoms. The van der Waals surface area contributed by atoms with Crippen molar-refractivity contribution in [1.82, 2.24) is 0 Å². The molecule has 2 aromatic rings. The van der Waals surface area contributed by atoms with Crippen LogP contribution in [0.4, 0.5) is 5.69 Å². The zero-order valence-electron chi connectivity index (χ0n) is 12.1. The molecule has 0 aliphatic carbocycles. The lowest BCUT2D eigenvalue weighted by molar-refractivity contribution is -0.114. The van der Waals surface area contributed by atoms with Gasteiger partial charge >= 0.3 is 0 Å². The molecule has 1 amide bonds. The minimum absolute atomic E-state index is 0.0292. The van der Waals surface area contributed by atoms with Crippen molar-refractivity contribution < 1.29 is 4.79 Å². The van der Waals surface area contributed by atoms with Gasteiger partial charge < -0.3 is 5.32 Å². The molecule has 0 aliphatic rings. The Morgan fingerprint density at radius 3 is 2.50 bits per heavy atom. The zero-order chi connectivity index (χ0) is 14.5. The number of carbonyl (C=O) groups is 1. The van der Waals surface area contributed by atoms with Crippen LogP contribution in [0.3, 0.4) is 0 Å². The molecule has 0 atom stereocenters. The number of amides is 1. The summed E-state index contributed by atoms with van der Waals surface area (Å²) in [4.78, 5) is 12.5. The third-order valence-corrected chi connectivity index (χ3v) is 4.09. The molecule has 0 unspecified atom stereocenters. The first-order chi connectivity index (χ1) is 9.56. The lowest BCUT2D eigenvalue weighted by atomic mass is 10.1. The van der Waals surface area contributed by atoms with Gasteiger partial charge in [0.05, 0.1) is 5.69 Å². The zero-order valence-corrected chi connectivity index (χ0v) is 12.9. The molecule has 0 heterocycles. The second kappa shape index (κ2) is 6.62. The van der Waals surface area contributed by atoms with Crippen molar-refractivity contribution in [2.24, 2.45) is 0 Å². The van der Waals surface area contributed by atoms with Crippen LogP contribution in [0.5, 0.6) is 0 Å². The standard InChI is InChI=1S/C17H19NOS/c1-12-9-13(2)17(18-14(3)19)16(10-12)20-11-15-7-5-4-6-8-15/h4-10H,11H2,1-3H3,(H,18,19). The fourth-order valence-electron chi connectivity index (χ4n) is 2.11. The van der Waals surface area contributed by atoms with Crippen LogP contribution >= 0.6 is 11.8 Å². The van der Waals surface area contributed by atoms with Gasteiger partial charge in [-0.25, -0.2) is 0 Å². The quantitative estimate of drug-likeness (QED) is 0.835. The summed E-state index contributed by atoms with van der Waals surface area (Å²) < 4.78 is 0. The van der Waals surface area contributed by atoms with Crippen LogP contribution in [0.25, 0.3) is 0 Å². The Morgan fingerprint density at radius 1 is 1.15 bits per heavy atom. The third-order valence-electron chi connectivity index (χ3n) is 2.98. The monoisotopic (exact) mass is 285 g/mol. The Kier molecular flexibility index (Phi) is 4.85. The minimum atomic E-state index is -0.0292. The first kappa shape index (κ1) is 14.7. The number of benzene rings is 2. The normalized spacial score (nSPS) is 10.3. The number of carbonyl (C=O) groups excluding carboxylic acids is 1. The molecule has 0 radical (unpaired) electrons. The molecule has 2 aromatic carbocycles. The largest absolute Gasteiger partial charge is 0.325 e. The smallest absolute Gasteiger partial charge is 0.221 e. The summed E-state index contributed by atoms with van der Waals surface area (Å²) in [5, 5.41) is 2.95. The predicted octanol–water partition coefficient (Wildman–Crippen LogP) is 4.55. The van der Waals surface area contributed by atoms with Gasteiger partial charge in [0, 0.05) is 17.6 Å². The number of nitrogens with one attached hydrogen (secondary N) is 1. The third kappa shape index (κ3) is 3.87. The maximum absolute atomic E-state index is 11.4. The predicted molar refractivity (Wildman–Crippen MR) is 86.2 cm³/mol. The van der Waals surface area contributed by atoms with Gasteiger partial charge in [-0.15, -0.1) is 11.8 Å². The summed E-state index contributed by atoms with van der Waals surface area (Å²) in [6.45, 7) is 5.66. The second-order valence-corrected chi connectivity index (χ2v) is 5.93. The summed E-state index contributed by atoms with van der Waals surface area (Å²) >= 11 is 1.76. The molecule has 0 aliphatic heterocycles. The topological polar surface area (TPSA) is 29.1 Å². The Balaban J connectivity index is 2.23. The van der Waals surface area contributed by atoms with Crippen molar-refractivity contribution in [3.8, 4) is 0 Å². The minimum Gasteiger partial charge on any atom is -0.325 e. The SMILES string of the molecule is CC(=O)Nc1c(C)cc(C)cc1SCc1ccccc1. The molecule has 1 N–H and O–H groups in total. The first-order valence-corrected chi connectivity index (χ1v) is 7.60. The van der Waals surface area contributed by atoms with E-state index in [0.29, 0.717) is 0 Å². The Labute approximate surface area is 124 Å². The average Bonchev–Trinajstić information content (AvgIpc) is 2.40. The van der Waals surface area contributed by atoms with Crippen LogP contribution in [-0.2, 0) is 10.5 Å². The van der Waals surface area contributed by atoms with E-state index in [9.17, 15) is 4.79 Å². The highest BCUT2D eigenvalue weighted by Crippen LogP contribution is 2.33. The molecule has 0 bridgehead atoms. The molecular formula is C17H19NOS. The van der Waals surface area contributed by atoms with Gasteiger partial charge in [0.15, 0.2) is 0 Å². The van der Waals surface area contributed by atoms with Crippen molar-refractivity contribution in [2.75, 3.05) is 5.32 Å². The van der Waals surface area contributed by atoms with Gasteiger partial charge in [0.25, 0.3) is 0 Å². The van der Waals surface area contributed by atoms with Gasteiger partial charge in [-0.2, -0.15) is 0 Å². The van der Waals surface area contributed by atoms with Crippen LogP contribution in [0.15, 0.2) is 47.4 Å². The summed E-state index contributed by atoms with van der Waals surface area (Å²) in [5.41, 5.74) is 4.54. The van der Waals surface area contributed by atoms with Gasteiger partial charge in [0.2, 0.25) is 5.91 Å². The molecule has 0 fully saturated rings. The number of thioether (sulfide) groups is 1. The van der Waals surface area contributed by atoms with Crippen LogP contribution in [0, 0.1) is 13.8 Å². The molecule has 2 nitrogen and oxygen atoms in total. The van der Waals surface area contributed by atoms with Crippen molar-refractivity contribution in [3.05, 3.63) is 59.2 Å². The summed E-state index contributed by atoms with van der Waals surface area (Å²) in [6.07, 6.45) is 0. The van der Waals surface area contributed by atoms with E-state index in [-0.39, 0.29) is 5.91 Å². The maximum Gasteiger partial charge on any atom is 0.221 e. The first-order valence-electron chi connectivity index (χ1n) is 6.62. The highest BCUT2D eigenvalue weighted by atomic mass is 32.2. The lowest BCUT2D eigenvalue weighted by Crippen LogP contribution is -2.08. The van der Waals surface area contributed by atoms with Gasteiger partial charge in [0.1, 0.15) is 0 Å². The van der Waals surface area contributed by atoms with Crippen LogP contribution in [0.1, 0.15) is 23.6 Å². The van der Waals surface area contributed by atoms with E-state index >= 15 is 0 Å². The summed E-state index contributed by atoms with van der Waals surface area (Å²) in [5.74, 6) is 0.870. The molecule has 0 saturated heterocycles. The van der Waals surface area contributed by atoms with E-state index in [4.69, 9.17) is 0 Å². The van der Waals surface area contributed by atoms with Gasteiger partial charge in [-0.05, 0) is 36.6 Å². The highest BCUT2D eigenvalue weighted by molar-refractivity contribution is 7.98. The molecule has 0 saturated carbocycles. The molecular weight excluding hydrogens is 266 g/mol. The van der Waals surface area contributed by atoms with E-state index in [1.165, 1.54) is 11.1 Å².